The molecule has 0 aliphatic carbocycles. The number of carbonyl (C=O) groups is 3. The van der Waals surface area contributed by atoms with E-state index >= 15 is 0 Å². The first-order valence-electron chi connectivity index (χ1n) is 11.5. The fourth-order valence-corrected chi connectivity index (χ4v) is 4.13. The summed E-state index contributed by atoms with van der Waals surface area (Å²) >= 11 is 5.29. The lowest BCUT2D eigenvalue weighted by molar-refractivity contribution is -0.122. The van der Waals surface area contributed by atoms with Crippen molar-refractivity contribution in [2.24, 2.45) is 0 Å². The summed E-state index contributed by atoms with van der Waals surface area (Å²) in [6, 6.07) is 19.1. The van der Waals surface area contributed by atoms with Gasteiger partial charge in [-0.2, -0.15) is 0 Å². The lowest BCUT2D eigenvalue weighted by Gasteiger charge is -2.29. The van der Waals surface area contributed by atoms with Crippen molar-refractivity contribution < 1.29 is 28.6 Å². The molecule has 0 atom stereocenters. The molecule has 1 aliphatic heterocycles. The molecule has 0 unspecified atom stereocenters. The van der Waals surface area contributed by atoms with Gasteiger partial charge in [-0.25, -0.2) is 4.90 Å². The summed E-state index contributed by atoms with van der Waals surface area (Å²) < 4.78 is 16.7. The van der Waals surface area contributed by atoms with Gasteiger partial charge >= 0.3 is 0 Å². The second-order valence-electron chi connectivity index (χ2n) is 8.20. The Morgan fingerprint density at radius 1 is 1.00 bits per heavy atom. The number of nitrogens with zero attached hydrogens (tertiary/aromatic N) is 1. The maximum atomic E-state index is 13.4. The number of anilines is 2. The zero-order valence-corrected chi connectivity index (χ0v) is 21.8. The minimum Gasteiger partial charge on any atom is -0.496 e. The van der Waals surface area contributed by atoms with Crippen molar-refractivity contribution in [2.75, 3.05) is 24.4 Å². The second-order valence-corrected chi connectivity index (χ2v) is 8.58. The smallest absolute Gasteiger partial charge is 0.270 e. The van der Waals surface area contributed by atoms with Crippen LogP contribution >= 0.6 is 12.2 Å². The third-order valence-electron chi connectivity index (χ3n) is 5.61. The van der Waals surface area contributed by atoms with Crippen molar-refractivity contribution in [2.45, 2.75) is 13.5 Å². The standard InChI is InChI=1S/C28H25N3O6S/c1-17(32)29-20-9-11-21(12-10-20)37-16-19-14-18(8-13-24(19)35-2)15-22-26(33)30-28(38)31(27(22)34)23-6-4-5-7-25(23)36-3/h4-15H,16H2,1-3H3,(H,29,32)(H,30,33,38)/b22-15-. The summed E-state index contributed by atoms with van der Waals surface area (Å²) in [6.45, 7) is 1.60. The van der Waals surface area contributed by atoms with Crippen molar-refractivity contribution >= 4 is 52.5 Å². The zero-order valence-electron chi connectivity index (χ0n) is 20.9. The van der Waals surface area contributed by atoms with Crippen molar-refractivity contribution in [3.05, 3.63) is 83.4 Å². The molecule has 3 aromatic carbocycles. The third-order valence-corrected chi connectivity index (χ3v) is 5.90. The first-order chi connectivity index (χ1) is 18.3. The third kappa shape index (κ3) is 5.81. The Bertz CT molecular complexity index is 1430. The summed E-state index contributed by atoms with van der Waals surface area (Å²) in [5.74, 6) is 0.279. The van der Waals surface area contributed by atoms with Crippen LogP contribution in [0.25, 0.3) is 6.08 Å². The number of hydrogen-bond donors (Lipinski definition) is 2. The van der Waals surface area contributed by atoms with Gasteiger partial charge in [-0.05, 0) is 72.4 Å². The number of benzene rings is 3. The molecule has 194 valence electrons. The van der Waals surface area contributed by atoms with Crippen LogP contribution in [0.4, 0.5) is 11.4 Å². The molecule has 3 amide bonds. The highest BCUT2D eigenvalue weighted by Gasteiger charge is 2.35. The molecule has 0 radical (unpaired) electrons. The predicted octanol–water partition coefficient (Wildman–Crippen LogP) is 4.07. The summed E-state index contributed by atoms with van der Waals surface area (Å²) in [6.07, 6.45) is 1.49. The fraction of sp³-hybridized carbons (Fsp3) is 0.143. The summed E-state index contributed by atoms with van der Waals surface area (Å²) in [7, 11) is 3.04. The molecule has 2 N–H and O–H groups in total. The van der Waals surface area contributed by atoms with Gasteiger partial charge in [-0.15, -0.1) is 0 Å². The van der Waals surface area contributed by atoms with Gasteiger partial charge in [-0.3, -0.25) is 19.7 Å². The van der Waals surface area contributed by atoms with E-state index in [0.29, 0.717) is 39.8 Å². The van der Waals surface area contributed by atoms with Crippen molar-refractivity contribution in [3.63, 3.8) is 0 Å². The van der Waals surface area contributed by atoms with Crippen LogP contribution in [0.15, 0.2) is 72.3 Å². The fourth-order valence-electron chi connectivity index (χ4n) is 3.86. The second kappa shape index (κ2) is 11.6. The Hall–Kier alpha value is -4.70. The van der Waals surface area contributed by atoms with E-state index in [0.717, 1.165) is 0 Å². The Morgan fingerprint density at radius 3 is 2.39 bits per heavy atom. The van der Waals surface area contributed by atoms with Gasteiger partial charge in [0.05, 0.1) is 19.9 Å². The van der Waals surface area contributed by atoms with E-state index in [4.69, 9.17) is 26.4 Å². The quantitative estimate of drug-likeness (QED) is 0.256. The molecule has 1 aliphatic rings. The molecule has 1 heterocycles. The molecule has 3 aromatic rings. The number of methoxy groups -OCH3 is 2. The van der Waals surface area contributed by atoms with Crippen LogP contribution in [0.2, 0.25) is 0 Å². The van der Waals surface area contributed by atoms with Gasteiger partial charge < -0.3 is 19.5 Å². The number of para-hydroxylation sites is 2. The largest absolute Gasteiger partial charge is 0.496 e. The number of ether oxygens (including phenoxy) is 3. The van der Waals surface area contributed by atoms with Gasteiger partial charge in [0.15, 0.2) is 5.11 Å². The summed E-state index contributed by atoms with van der Waals surface area (Å²) in [4.78, 5) is 38.6. The summed E-state index contributed by atoms with van der Waals surface area (Å²) in [5, 5.41) is 5.25. The van der Waals surface area contributed by atoms with Gasteiger partial charge in [-0.1, -0.05) is 18.2 Å². The lowest BCUT2D eigenvalue weighted by Crippen LogP contribution is -2.54. The number of carbonyl (C=O) groups excluding carboxylic acids is 3. The van der Waals surface area contributed by atoms with Crippen LogP contribution in [-0.2, 0) is 21.0 Å². The van der Waals surface area contributed by atoms with Crippen LogP contribution in [-0.4, -0.2) is 37.1 Å². The maximum Gasteiger partial charge on any atom is 0.270 e. The molecule has 38 heavy (non-hydrogen) atoms. The topological polar surface area (TPSA) is 106 Å². The average Bonchev–Trinajstić information content (AvgIpc) is 2.90. The van der Waals surface area contributed by atoms with Gasteiger partial charge in [0.2, 0.25) is 5.91 Å². The van der Waals surface area contributed by atoms with E-state index in [1.165, 1.54) is 25.0 Å². The predicted molar refractivity (Wildman–Crippen MR) is 147 cm³/mol. The summed E-state index contributed by atoms with van der Waals surface area (Å²) in [5.41, 5.74) is 2.29. The van der Waals surface area contributed by atoms with Gasteiger partial charge in [0, 0.05) is 18.2 Å². The molecular formula is C28H25N3O6S. The number of amides is 3. The Morgan fingerprint density at radius 2 is 1.71 bits per heavy atom. The van der Waals surface area contributed by atoms with E-state index in [1.807, 2.05) is 0 Å². The van der Waals surface area contributed by atoms with Crippen LogP contribution in [0.3, 0.4) is 0 Å². The highest BCUT2D eigenvalue weighted by atomic mass is 32.1. The monoisotopic (exact) mass is 531 g/mol. The SMILES string of the molecule is COc1ccc(/C=C2/C(=O)NC(=S)N(c3ccccc3OC)C2=O)cc1COc1ccc(NC(C)=O)cc1. The molecule has 9 nitrogen and oxygen atoms in total. The van der Waals surface area contributed by atoms with Crippen LogP contribution in [0.1, 0.15) is 18.1 Å². The highest BCUT2D eigenvalue weighted by molar-refractivity contribution is 7.80. The minimum atomic E-state index is -0.598. The van der Waals surface area contributed by atoms with E-state index in [1.54, 1.807) is 73.8 Å². The van der Waals surface area contributed by atoms with E-state index in [9.17, 15) is 14.4 Å². The number of hydrogen-bond acceptors (Lipinski definition) is 7. The molecule has 1 fully saturated rings. The van der Waals surface area contributed by atoms with E-state index in [2.05, 4.69) is 10.6 Å². The molecule has 0 aromatic heterocycles. The van der Waals surface area contributed by atoms with Crippen LogP contribution in [0.5, 0.6) is 17.2 Å². The Kier molecular flexibility index (Phi) is 8.03. The first-order valence-corrected chi connectivity index (χ1v) is 11.9. The first kappa shape index (κ1) is 26.4. The average molecular weight is 532 g/mol. The highest BCUT2D eigenvalue weighted by Crippen LogP contribution is 2.31. The van der Waals surface area contributed by atoms with Crippen LogP contribution in [0, 0.1) is 0 Å². The molecule has 0 bridgehead atoms. The van der Waals surface area contributed by atoms with Gasteiger partial charge in [0.1, 0.15) is 29.4 Å². The van der Waals surface area contributed by atoms with Crippen molar-refractivity contribution in [1.29, 1.82) is 0 Å². The molecule has 10 heteroatoms. The van der Waals surface area contributed by atoms with E-state index in [-0.39, 0.29) is 23.2 Å². The van der Waals surface area contributed by atoms with Gasteiger partial charge in [0.25, 0.3) is 11.8 Å². The molecule has 1 saturated heterocycles. The van der Waals surface area contributed by atoms with E-state index < -0.39 is 11.8 Å². The number of rotatable bonds is 8. The Balaban J connectivity index is 1.59. The maximum absolute atomic E-state index is 13.4. The number of thiocarbonyl (C=S) groups is 1. The molecular weight excluding hydrogens is 506 g/mol. The van der Waals surface area contributed by atoms with Crippen molar-refractivity contribution in [3.8, 4) is 17.2 Å². The number of nitrogens with one attached hydrogen (secondary N) is 2. The Labute approximate surface area is 225 Å². The molecule has 4 rings (SSSR count). The van der Waals surface area contributed by atoms with Crippen molar-refractivity contribution in [1.82, 2.24) is 5.32 Å². The normalized spacial score (nSPS) is 14.2. The lowest BCUT2D eigenvalue weighted by atomic mass is 10.0. The molecule has 0 spiro atoms. The van der Waals surface area contributed by atoms with Crippen LogP contribution < -0.4 is 29.7 Å². The zero-order chi connectivity index (χ0) is 27.2. The minimum absolute atomic E-state index is 0.0324. The molecule has 0 saturated carbocycles.